The van der Waals surface area contributed by atoms with E-state index in [9.17, 15) is 18.4 Å². The Labute approximate surface area is 177 Å². The smallest absolute Gasteiger partial charge is 0.360 e. The van der Waals surface area contributed by atoms with Crippen LogP contribution in [0.3, 0.4) is 0 Å². The Balaban J connectivity index is 1.65. The zero-order valence-electron chi connectivity index (χ0n) is 16.7. The molecule has 3 rings (SSSR count). The van der Waals surface area contributed by atoms with Gasteiger partial charge in [0.1, 0.15) is 23.8 Å². The number of para-hydroxylation sites is 1. The zero-order chi connectivity index (χ0) is 22.2. The number of hydrogen-bond donors (Lipinski definition) is 2. The molecule has 7 nitrogen and oxygen atoms in total. The molecule has 9 heteroatoms. The van der Waals surface area contributed by atoms with Crippen LogP contribution in [-0.2, 0) is 13.1 Å². The molecule has 0 bridgehead atoms. The monoisotopic (exact) mass is 429 g/mol. The molecule has 0 aliphatic heterocycles. The minimum Gasteiger partial charge on any atom is -0.486 e. The minimum atomic E-state index is -2.56. The molecule has 0 aliphatic carbocycles. The molecular weight excluding hydrogens is 408 g/mol. The highest BCUT2D eigenvalue weighted by atomic mass is 19.3. The molecule has 0 amide bonds. The summed E-state index contributed by atoms with van der Waals surface area (Å²) in [5, 5.41) is 3.06. The summed E-state index contributed by atoms with van der Waals surface area (Å²) < 4.78 is 34.9. The number of hydrogen-bond acceptors (Lipinski definition) is 6. The molecule has 162 valence electrons. The Kier molecular flexibility index (Phi) is 7.45. The number of nitrogens with one attached hydrogen (secondary N) is 2. The van der Waals surface area contributed by atoms with Crippen LogP contribution in [0.2, 0.25) is 0 Å². The van der Waals surface area contributed by atoms with E-state index < -0.39 is 19.0 Å². The van der Waals surface area contributed by atoms with Crippen molar-refractivity contribution in [1.29, 1.82) is 0 Å². The number of ether oxygens (including phenoxy) is 2. The van der Waals surface area contributed by atoms with Gasteiger partial charge in [-0.25, -0.2) is 13.6 Å². The third-order valence-electron chi connectivity index (χ3n) is 4.31. The second kappa shape index (κ2) is 10.4. The lowest BCUT2D eigenvalue weighted by Crippen LogP contribution is -2.25. The van der Waals surface area contributed by atoms with Crippen LogP contribution in [0.15, 0.2) is 59.7 Å². The fourth-order valence-corrected chi connectivity index (χ4v) is 2.83. The van der Waals surface area contributed by atoms with Crippen LogP contribution in [0.25, 0.3) is 0 Å². The van der Waals surface area contributed by atoms with Crippen molar-refractivity contribution < 1.29 is 23.0 Å². The number of alkyl halides is 2. The van der Waals surface area contributed by atoms with Crippen molar-refractivity contribution in [1.82, 2.24) is 15.3 Å². The van der Waals surface area contributed by atoms with E-state index in [2.05, 4.69) is 15.3 Å². The highest BCUT2D eigenvalue weighted by Gasteiger charge is 2.17. The quantitative estimate of drug-likeness (QED) is 0.401. The third-order valence-corrected chi connectivity index (χ3v) is 4.31. The first-order valence-electron chi connectivity index (χ1n) is 9.49. The van der Waals surface area contributed by atoms with Crippen LogP contribution >= 0.6 is 0 Å². The van der Waals surface area contributed by atoms with E-state index in [0.717, 1.165) is 0 Å². The molecule has 0 radical (unpaired) electrons. The fraction of sp³-hybridized carbons (Fsp3) is 0.227. The molecule has 1 aromatic carbocycles. The lowest BCUT2D eigenvalue weighted by Gasteiger charge is -2.11. The van der Waals surface area contributed by atoms with Crippen LogP contribution in [0.1, 0.15) is 27.3 Å². The first-order chi connectivity index (χ1) is 14.9. The number of halogens is 2. The van der Waals surface area contributed by atoms with Crippen molar-refractivity contribution in [3.63, 3.8) is 0 Å². The Bertz CT molecular complexity index is 1090. The molecule has 0 spiro atoms. The van der Waals surface area contributed by atoms with E-state index in [1.54, 1.807) is 43.3 Å². The number of rotatable bonds is 9. The van der Waals surface area contributed by atoms with Gasteiger partial charge in [-0.3, -0.25) is 9.78 Å². The first-order valence-corrected chi connectivity index (χ1v) is 9.49. The summed E-state index contributed by atoms with van der Waals surface area (Å²) in [4.78, 5) is 31.8. The summed E-state index contributed by atoms with van der Waals surface area (Å²) in [7, 11) is 0. The number of benzene rings is 1. The molecule has 0 unspecified atom stereocenters. The number of esters is 1. The zero-order valence-corrected chi connectivity index (χ0v) is 16.7. The number of H-pyrrole nitrogens is 1. The molecule has 31 heavy (non-hydrogen) atoms. The Morgan fingerprint density at radius 1 is 1.19 bits per heavy atom. The van der Waals surface area contributed by atoms with Crippen LogP contribution in [0, 0.1) is 6.92 Å². The van der Waals surface area contributed by atoms with Gasteiger partial charge in [-0.1, -0.05) is 18.2 Å². The molecular formula is C22H21F2N3O4. The SMILES string of the molecule is Cc1cc(CNCc2c(C(=O)Oc3ccccc3)[nH]ccc2=O)ncc1OCC(F)F. The molecule has 2 N–H and O–H groups in total. The maximum atomic E-state index is 12.5. The van der Waals surface area contributed by atoms with Crippen molar-refractivity contribution in [2.75, 3.05) is 6.61 Å². The molecule has 0 fully saturated rings. The van der Waals surface area contributed by atoms with Gasteiger partial charge >= 0.3 is 5.97 Å². The molecule has 2 aromatic heterocycles. The Hall–Kier alpha value is -3.59. The average Bonchev–Trinajstić information content (AvgIpc) is 2.74. The number of aromatic amines is 1. The maximum Gasteiger partial charge on any atom is 0.360 e. The van der Waals surface area contributed by atoms with E-state index in [1.807, 2.05) is 0 Å². The summed E-state index contributed by atoms with van der Waals surface area (Å²) in [6, 6.07) is 11.6. The van der Waals surface area contributed by atoms with Gasteiger partial charge in [0.2, 0.25) is 0 Å². The Morgan fingerprint density at radius 3 is 2.68 bits per heavy atom. The highest BCUT2D eigenvalue weighted by Crippen LogP contribution is 2.18. The first kappa shape index (κ1) is 22.1. The third kappa shape index (κ3) is 6.19. The van der Waals surface area contributed by atoms with Crippen molar-refractivity contribution >= 4 is 5.97 Å². The largest absolute Gasteiger partial charge is 0.486 e. The summed E-state index contributed by atoms with van der Waals surface area (Å²) in [6.07, 6.45) is 0.205. The van der Waals surface area contributed by atoms with Gasteiger partial charge in [-0.05, 0) is 30.7 Å². The lowest BCUT2D eigenvalue weighted by atomic mass is 10.1. The number of aryl methyl sites for hydroxylation is 1. The number of pyridine rings is 2. The number of nitrogens with zero attached hydrogens (tertiary/aromatic N) is 1. The van der Waals surface area contributed by atoms with E-state index >= 15 is 0 Å². The average molecular weight is 429 g/mol. The molecule has 0 atom stereocenters. The second-order valence-electron chi connectivity index (χ2n) is 6.64. The summed E-state index contributed by atoms with van der Waals surface area (Å²) in [5.41, 5.74) is 1.27. The molecule has 2 heterocycles. The number of aromatic nitrogens is 2. The normalized spacial score (nSPS) is 10.8. The van der Waals surface area contributed by atoms with Crippen molar-refractivity contribution in [2.45, 2.75) is 26.4 Å². The molecule has 3 aromatic rings. The van der Waals surface area contributed by atoms with E-state index in [4.69, 9.17) is 9.47 Å². The molecule has 0 saturated heterocycles. The van der Waals surface area contributed by atoms with Gasteiger partial charge in [-0.2, -0.15) is 0 Å². The number of carbonyl (C=O) groups is 1. The van der Waals surface area contributed by atoms with Gasteiger partial charge in [0.25, 0.3) is 6.43 Å². The number of carbonyl (C=O) groups excluding carboxylic acids is 1. The van der Waals surface area contributed by atoms with Crippen LogP contribution < -0.4 is 20.2 Å². The summed E-state index contributed by atoms with van der Waals surface area (Å²) in [5.74, 6) is -0.0189. The van der Waals surface area contributed by atoms with Crippen LogP contribution in [0.4, 0.5) is 8.78 Å². The maximum absolute atomic E-state index is 12.5. The molecule has 0 saturated carbocycles. The van der Waals surface area contributed by atoms with Crippen LogP contribution in [-0.4, -0.2) is 29.0 Å². The van der Waals surface area contributed by atoms with Gasteiger partial charge in [0.15, 0.2) is 5.43 Å². The summed E-state index contributed by atoms with van der Waals surface area (Å²) >= 11 is 0. The van der Waals surface area contributed by atoms with Crippen molar-refractivity contribution in [2.24, 2.45) is 0 Å². The van der Waals surface area contributed by atoms with Gasteiger partial charge < -0.3 is 19.8 Å². The standard InChI is InChI=1S/C22H21F2N3O4/c1-14-9-15(27-12-19(14)30-13-20(23)24)10-25-11-17-18(28)7-8-26-21(17)22(29)31-16-5-3-2-4-6-16/h2-9,12,20,25H,10-11,13H2,1H3,(H,26,28). The van der Waals surface area contributed by atoms with E-state index in [0.29, 0.717) is 17.0 Å². The van der Waals surface area contributed by atoms with Crippen LogP contribution in [0.5, 0.6) is 11.5 Å². The van der Waals surface area contributed by atoms with E-state index in [-0.39, 0.29) is 35.5 Å². The topological polar surface area (TPSA) is 93.3 Å². The van der Waals surface area contributed by atoms with Crippen molar-refractivity contribution in [3.05, 3.63) is 87.6 Å². The highest BCUT2D eigenvalue weighted by molar-refractivity contribution is 5.90. The summed E-state index contributed by atoms with van der Waals surface area (Å²) in [6.45, 7) is 1.42. The molecule has 0 aliphatic rings. The Morgan fingerprint density at radius 2 is 1.97 bits per heavy atom. The minimum absolute atomic E-state index is 0.0590. The van der Waals surface area contributed by atoms with Gasteiger partial charge in [-0.15, -0.1) is 0 Å². The van der Waals surface area contributed by atoms with Gasteiger partial charge in [0.05, 0.1) is 11.9 Å². The lowest BCUT2D eigenvalue weighted by molar-refractivity contribution is 0.0726. The van der Waals surface area contributed by atoms with Crippen molar-refractivity contribution in [3.8, 4) is 11.5 Å². The fourth-order valence-electron chi connectivity index (χ4n) is 2.83. The predicted molar refractivity (Wildman–Crippen MR) is 109 cm³/mol. The van der Waals surface area contributed by atoms with E-state index in [1.165, 1.54) is 18.5 Å². The van der Waals surface area contributed by atoms with Gasteiger partial charge in [0, 0.05) is 30.9 Å². The predicted octanol–water partition coefficient (Wildman–Crippen LogP) is 3.23. The second-order valence-corrected chi connectivity index (χ2v) is 6.64.